The van der Waals surface area contributed by atoms with E-state index >= 15 is 0 Å². The predicted molar refractivity (Wildman–Crippen MR) is 68.7 cm³/mol. The van der Waals surface area contributed by atoms with Crippen molar-refractivity contribution in [2.24, 2.45) is 0 Å². The van der Waals surface area contributed by atoms with Gasteiger partial charge in [0.1, 0.15) is 0 Å². The lowest BCUT2D eigenvalue weighted by molar-refractivity contribution is -0.0326. The lowest BCUT2D eigenvalue weighted by Gasteiger charge is -2.09. The summed E-state index contributed by atoms with van der Waals surface area (Å²) in [5, 5.41) is 8.80. The maximum absolute atomic E-state index is 12.0. The van der Waals surface area contributed by atoms with Crippen LogP contribution in [0.4, 0.5) is 13.2 Å². The zero-order valence-corrected chi connectivity index (χ0v) is 11.9. The van der Waals surface area contributed by atoms with Gasteiger partial charge in [-0.1, -0.05) is 6.07 Å². The first-order valence-corrected chi connectivity index (χ1v) is 7.94. The average molecular weight is 328 g/mol. The van der Waals surface area contributed by atoms with Crippen LogP contribution in [0.25, 0.3) is 0 Å². The highest BCUT2D eigenvalue weighted by atomic mass is 32.2. The number of alkyl halides is 3. The molecule has 0 spiro atoms. The number of carbonyl (C=O) groups is 1. The molecule has 20 heavy (non-hydrogen) atoms. The lowest BCUT2D eigenvalue weighted by Crippen LogP contribution is -2.14. The van der Waals surface area contributed by atoms with Gasteiger partial charge in [-0.05, 0) is 36.4 Å². The van der Waals surface area contributed by atoms with E-state index < -0.39 is 44.6 Å². The van der Waals surface area contributed by atoms with E-state index in [1.54, 1.807) is 0 Å². The molecule has 0 aliphatic heterocycles. The van der Waals surface area contributed by atoms with Crippen LogP contribution in [0, 0.1) is 6.92 Å². The van der Waals surface area contributed by atoms with Gasteiger partial charge in [-0.2, -0.15) is 13.2 Å². The van der Waals surface area contributed by atoms with Crippen LogP contribution in [-0.2, 0) is 9.84 Å². The van der Waals surface area contributed by atoms with Crippen molar-refractivity contribution in [1.82, 2.24) is 0 Å². The Balaban J connectivity index is 2.97. The summed E-state index contributed by atoms with van der Waals surface area (Å²) in [6, 6.07) is 3.51. The van der Waals surface area contributed by atoms with E-state index in [0.29, 0.717) is 5.56 Å². The van der Waals surface area contributed by atoms with E-state index in [1.807, 2.05) is 0 Å². The van der Waals surface area contributed by atoms with E-state index in [-0.39, 0.29) is 10.5 Å². The number of sulfone groups is 1. The summed E-state index contributed by atoms with van der Waals surface area (Å²) >= 11 is -0.424. The minimum Gasteiger partial charge on any atom is -0.478 e. The average Bonchev–Trinajstić information content (AvgIpc) is 2.26. The number of thioether (sulfide) groups is 1. The molecule has 0 amide bonds. The van der Waals surface area contributed by atoms with Gasteiger partial charge in [0, 0.05) is 5.75 Å². The Labute approximate surface area is 117 Å². The van der Waals surface area contributed by atoms with Crippen LogP contribution < -0.4 is 0 Å². The van der Waals surface area contributed by atoms with Crippen LogP contribution in [0.3, 0.4) is 0 Å². The summed E-state index contributed by atoms with van der Waals surface area (Å²) in [5.74, 6) is -2.64. The molecular formula is C11H11F3O4S2. The fourth-order valence-corrected chi connectivity index (χ4v) is 3.97. The smallest absolute Gasteiger partial charge is 0.441 e. The van der Waals surface area contributed by atoms with E-state index in [4.69, 9.17) is 5.11 Å². The molecule has 0 saturated carbocycles. The van der Waals surface area contributed by atoms with Crippen LogP contribution >= 0.6 is 11.8 Å². The van der Waals surface area contributed by atoms with Crippen molar-refractivity contribution in [3.8, 4) is 0 Å². The second kappa shape index (κ2) is 6.04. The van der Waals surface area contributed by atoms with E-state index in [1.165, 1.54) is 19.1 Å². The van der Waals surface area contributed by atoms with Crippen molar-refractivity contribution in [3.05, 3.63) is 29.3 Å². The van der Waals surface area contributed by atoms with E-state index in [0.717, 1.165) is 6.07 Å². The number of rotatable bonds is 5. The second-order valence-corrected chi connectivity index (χ2v) is 7.14. The number of carboxylic acid groups (broad SMARTS) is 1. The first-order chi connectivity index (χ1) is 9.03. The van der Waals surface area contributed by atoms with Gasteiger partial charge in [0.2, 0.25) is 0 Å². The minimum absolute atomic E-state index is 0.224. The van der Waals surface area contributed by atoms with E-state index in [9.17, 15) is 26.4 Å². The molecule has 0 aliphatic rings. The van der Waals surface area contributed by atoms with Gasteiger partial charge in [-0.3, -0.25) is 0 Å². The van der Waals surface area contributed by atoms with Gasteiger partial charge >= 0.3 is 11.5 Å². The van der Waals surface area contributed by atoms with Crippen LogP contribution in [0.15, 0.2) is 23.1 Å². The molecule has 112 valence electrons. The van der Waals surface area contributed by atoms with Crippen molar-refractivity contribution in [2.75, 3.05) is 11.5 Å². The molecular weight excluding hydrogens is 317 g/mol. The summed E-state index contributed by atoms with van der Waals surface area (Å²) in [5.41, 5.74) is -4.42. The third-order valence-electron chi connectivity index (χ3n) is 2.39. The molecule has 1 rings (SSSR count). The number of benzene rings is 1. The fraction of sp³-hybridized carbons (Fsp3) is 0.364. The number of hydrogen-bond donors (Lipinski definition) is 1. The standard InChI is InChI=1S/C11H11F3O4S2/c1-7-2-3-8(10(15)16)6-9(7)20(17,18)5-4-19-11(12,13)14/h2-3,6H,4-5H2,1H3,(H,15,16). The molecule has 0 heterocycles. The Morgan fingerprint density at radius 1 is 1.35 bits per heavy atom. The molecule has 0 saturated heterocycles. The van der Waals surface area contributed by atoms with Crippen LogP contribution in [-0.4, -0.2) is 36.5 Å². The molecule has 1 aromatic rings. The lowest BCUT2D eigenvalue weighted by atomic mass is 10.1. The molecule has 0 radical (unpaired) electrons. The number of hydrogen-bond acceptors (Lipinski definition) is 4. The molecule has 0 aliphatic carbocycles. The van der Waals surface area contributed by atoms with Gasteiger partial charge < -0.3 is 5.11 Å². The number of carboxylic acids is 1. The molecule has 4 nitrogen and oxygen atoms in total. The molecule has 0 atom stereocenters. The largest absolute Gasteiger partial charge is 0.478 e. The maximum atomic E-state index is 12.0. The highest BCUT2D eigenvalue weighted by molar-refractivity contribution is 8.01. The molecule has 9 heteroatoms. The van der Waals surface area contributed by atoms with E-state index in [2.05, 4.69) is 0 Å². The molecule has 0 unspecified atom stereocenters. The van der Waals surface area contributed by atoms with Crippen LogP contribution in [0.5, 0.6) is 0 Å². The Morgan fingerprint density at radius 2 is 1.95 bits per heavy atom. The normalized spacial score (nSPS) is 12.4. The van der Waals surface area contributed by atoms with Crippen molar-refractivity contribution in [3.63, 3.8) is 0 Å². The van der Waals surface area contributed by atoms with Gasteiger partial charge in [-0.25, -0.2) is 13.2 Å². The van der Waals surface area contributed by atoms with Crippen LogP contribution in [0.1, 0.15) is 15.9 Å². The number of aryl methyl sites for hydroxylation is 1. The first kappa shape index (κ1) is 16.8. The van der Waals surface area contributed by atoms with Gasteiger partial charge in [0.15, 0.2) is 9.84 Å². The van der Waals surface area contributed by atoms with Crippen molar-refractivity contribution < 1.29 is 31.5 Å². The van der Waals surface area contributed by atoms with Crippen molar-refractivity contribution in [2.45, 2.75) is 17.3 Å². The maximum Gasteiger partial charge on any atom is 0.441 e. The number of halogens is 3. The Bertz CT molecular complexity index is 609. The quantitative estimate of drug-likeness (QED) is 0.900. The highest BCUT2D eigenvalue weighted by Gasteiger charge is 2.29. The third kappa shape index (κ3) is 4.71. The van der Waals surface area contributed by atoms with Crippen molar-refractivity contribution >= 4 is 27.6 Å². The third-order valence-corrected chi connectivity index (χ3v) is 5.23. The molecule has 1 aromatic carbocycles. The highest BCUT2D eigenvalue weighted by Crippen LogP contribution is 2.30. The zero-order chi connectivity index (χ0) is 15.6. The molecule has 0 bridgehead atoms. The molecule has 1 N–H and O–H groups in total. The summed E-state index contributed by atoms with van der Waals surface area (Å²) < 4.78 is 59.8. The number of aromatic carboxylic acids is 1. The zero-order valence-electron chi connectivity index (χ0n) is 10.3. The summed E-state index contributed by atoms with van der Waals surface area (Å²) in [4.78, 5) is 10.5. The first-order valence-electron chi connectivity index (χ1n) is 5.30. The van der Waals surface area contributed by atoms with Gasteiger partial charge in [-0.15, -0.1) is 0 Å². The topological polar surface area (TPSA) is 71.4 Å². The van der Waals surface area contributed by atoms with Crippen molar-refractivity contribution in [1.29, 1.82) is 0 Å². The second-order valence-electron chi connectivity index (χ2n) is 3.90. The summed E-state index contributed by atoms with van der Waals surface area (Å²) in [6.07, 6.45) is 0. The SMILES string of the molecule is Cc1ccc(C(=O)O)cc1S(=O)(=O)CCSC(F)(F)F. The molecule has 0 fully saturated rings. The monoisotopic (exact) mass is 328 g/mol. The predicted octanol–water partition coefficient (Wildman–Crippen LogP) is 2.72. The fourth-order valence-electron chi connectivity index (χ4n) is 1.45. The summed E-state index contributed by atoms with van der Waals surface area (Å²) in [7, 11) is -3.95. The minimum atomic E-state index is -4.49. The molecule has 0 aromatic heterocycles. The summed E-state index contributed by atoms with van der Waals surface area (Å²) in [6.45, 7) is 1.45. The Kier molecular flexibility index (Phi) is 5.09. The van der Waals surface area contributed by atoms with Crippen LogP contribution in [0.2, 0.25) is 0 Å². The van der Waals surface area contributed by atoms with Gasteiger partial charge in [0.25, 0.3) is 0 Å². The Morgan fingerprint density at radius 3 is 2.45 bits per heavy atom. The Hall–Kier alpha value is -1.22. The van der Waals surface area contributed by atoms with Gasteiger partial charge in [0.05, 0.1) is 16.2 Å².